The van der Waals surface area contributed by atoms with E-state index in [1.165, 1.54) is 0 Å². The van der Waals surface area contributed by atoms with Crippen molar-refractivity contribution in [3.63, 3.8) is 0 Å². The van der Waals surface area contributed by atoms with Crippen LogP contribution in [0.15, 0.2) is 72.8 Å². The molecule has 0 amide bonds. The fourth-order valence-corrected chi connectivity index (χ4v) is 2.33. The number of phenols is 1. The average Bonchev–Trinajstić information content (AvgIpc) is 2.60. The summed E-state index contributed by atoms with van der Waals surface area (Å²) in [6.45, 7) is 0. The van der Waals surface area contributed by atoms with Crippen molar-refractivity contribution in [2.45, 2.75) is 5.88 Å². The van der Waals surface area contributed by atoms with E-state index in [1.807, 2.05) is 60.7 Å². The summed E-state index contributed by atoms with van der Waals surface area (Å²) in [4.78, 5) is 0. The van der Waals surface area contributed by atoms with Crippen LogP contribution in [0.25, 0.3) is 0 Å². The number of alkyl halides is 1. The number of halogens is 1. The van der Waals surface area contributed by atoms with Crippen LogP contribution >= 0.6 is 11.6 Å². The van der Waals surface area contributed by atoms with Crippen LogP contribution in [0.4, 0.5) is 0 Å². The standard InChI is InChI=1S/C19H15ClO3/c20-13-14-11-12-17(22-15-7-3-1-4-8-15)18(21)19(14)23-16-9-5-2-6-10-16/h1-12,21H,13H2. The summed E-state index contributed by atoms with van der Waals surface area (Å²) in [5, 5.41) is 10.5. The lowest BCUT2D eigenvalue weighted by molar-refractivity contribution is 0.376. The molecule has 3 aromatic rings. The van der Waals surface area contributed by atoms with Crippen molar-refractivity contribution in [1.82, 2.24) is 0 Å². The Balaban J connectivity index is 1.95. The normalized spacial score (nSPS) is 10.3. The van der Waals surface area contributed by atoms with E-state index >= 15 is 0 Å². The lowest BCUT2D eigenvalue weighted by Gasteiger charge is -2.15. The number of hydrogen-bond donors (Lipinski definition) is 1. The molecule has 1 N–H and O–H groups in total. The fourth-order valence-electron chi connectivity index (χ4n) is 2.12. The van der Waals surface area contributed by atoms with E-state index in [0.29, 0.717) is 28.6 Å². The van der Waals surface area contributed by atoms with E-state index in [2.05, 4.69) is 0 Å². The number of para-hydroxylation sites is 2. The Kier molecular flexibility index (Phi) is 4.69. The van der Waals surface area contributed by atoms with Gasteiger partial charge in [0.1, 0.15) is 11.5 Å². The molecule has 3 nitrogen and oxygen atoms in total. The van der Waals surface area contributed by atoms with E-state index in [9.17, 15) is 5.11 Å². The molecule has 3 aromatic carbocycles. The molecule has 0 spiro atoms. The Morgan fingerprint density at radius 1 is 0.739 bits per heavy atom. The minimum Gasteiger partial charge on any atom is -0.502 e. The molecule has 0 saturated heterocycles. The van der Waals surface area contributed by atoms with Gasteiger partial charge in [-0.3, -0.25) is 0 Å². The van der Waals surface area contributed by atoms with Gasteiger partial charge < -0.3 is 14.6 Å². The number of aromatic hydroxyl groups is 1. The van der Waals surface area contributed by atoms with Crippen LogP contribution in [0.3, 0.4) is 0 Å². The third-order valence-electron chi connectivity index (χ3n) is 3.25. The molecule has 0 atom stereocenters. The topological polar surface area (TPSA) is 38.7 Å². The maximum absolute atomic E-state index is 10.5. The van der Waals surface area contributed by atoms with E-state index in [0.717, 1.165) is 0 Å². The summed E-state index contributed by atoms with van der Waals surface area (Å²) in [5.41, 5.74) is 0.688. The highest BCUT2D eigenvalue weighted by Crippen LogP contribution is 2.43. The molecule has 23 heavy (non-hydrogen) atoms. The van der Waals surface area contributed by atoms with Gasteiger partial charge in [-0.25, -0.2) is 0 Å². The predicted molar refractivity (Wildman–Crippen MR) is 90.7 cm³/mol. The van der Waals surface area contributed by atoms with Crippen molar-refractivity contribution < 1.29 is 14.6 Å². The maximum Gasteiger partial charge on any atom is 0.202 e. The Bertz CT molecular complexity index is 773. The minimum atomic E-state index is -0.0733. The van der Waals surface area contributed by atoms with Crippen LogP contribution in [-0.2, 0) is 5.88 Å². The maximum atomic E-state index is 10.5. The van der Waals surface area contributed by atoms with Gasteiger partial charge in [0.15, 0.2) is 11.5 Å². The molecule has 0 aromatic heterocycles. The zero-order valence-corrected chi connectivity index (χ0v) is 13.0. The third kappa shape index (κ3) is 3.58. The molecule has 0 bridgehead atoms. The van der Waals surface area contributed by atoms with Gasteiger partial charge in [0, 0.05) is 5.56 Å². The Hall–Kier alpha value is -2.65. The molecule has 0 unspecified atom stereocenters. The van der Waals surface area contributed by atoms with E-state index < -0.39 is 0 Å². The lowest BCUT2D eigenvalue weighted by atomic mass is 10.2. The second-order valence-electron chi connectivity index (χ2n) is 4.86. The van der Waals surface area contributed by atoms with Crippen molar-refractivity contribution in [2.75, 3.05) is 0 Å². The molecule has 4 heteroatoms. The number of benzene rings is 3. The molecule has 0 aliphatic rings. The van der Waals surface area contributed by atoms with Crippen LogP contribution in [0.1, 0.15) is 5.56 Å². The van der Waals surface area contributed by atoms with Gasteiger partial charge in [0.2, 0.25) is 5.75 Å². The van der Waals surface area contributed by atoms with Crippen LogP contribution in [0, 0.1) is 0 Å². The molecule has 0 saturated carbocycles. The van der Waals surface area contributed by atoms with Gasteiger partial charge in [-0.05, 0) is 30.3 Å². The first-order chi connectivity index (χ1) is 11.3. The zero-order chi connectivity index (χ0) is 16.1. The van der Waals surface area contributed by atoms with Gasteiger partial charge in [-0.2, -0.15) is 0 Å². The summed E-state index contributed by atoms with van der Waals surface area (Å²) < 4.78 is 11.5. The van der Waals surface area contributed by atoms with Gasteiger partial charge in [0.25, 0.3) is 0 Å². The van der Waals surface area contributed by atoms with Gasteiger partial charge in [-0.15, -0.1) is 11.6 Å². The highest BCUT2D eigenvalue weighted by Gasteiger charge is 2.16. The zero-order valence-electron chi connectivity index (χ0n) is 12.3. The smallest absolute Gasteiger partial charge is 0.202 e. The predicted octanol–water partition coefficient (Wildman–Crippen LogP) is 5.72. The van der Waals surface area contributed by atoms with Gasteiger partial charge in [-0.1, -0.05) is 42.5 Å². The lowest BCUT2D eigenvalue weighted by Crippen LogP contribution is -1.93. The fraction of sp³-hybridized carbons (Fsp3) is 0.0526. The average molecular weight is 327 g/mol. The highest BCUT2D eigenvalue weighted by molar-refractivity contribution is 6.17. The second kappa shape index (κ2) is 7.07. The van der Waals surface area contributed by atoms with Crippen molar-refractivity contribution in [1.29, 1.82) is 0 Å². The second-order valence-corrected chi connectivity index (χ2v) is 5.13. The van der Waals surface area contributed by atoms with Crippen LogP contribution in [0.2, 0.25) is 0 Å². The molecular formula is C19H15ClO3. The van der Waals surface area contributed by atoms with Crippen molar-refractivity contribution in [2.24, 2.45) is 0 Å². The Labute approximate surface area is 139 Å². The van der Waals surface area contributed by atoms with Crippen molar-refractivity contribution in [3.8, 4) is 28.7 Å². The SMILES string of the molecule is Oc1c(Oc2ccccc2)ccc(CCl)c1Oc1ccccc1. The Morgan fingerprint density at radius 3 is 1.87 bits per heavy atom. The highest BCUT2D eigenvalue weighted by atomic mass is 35.5. The number of hydrogen-bond acceptors (Lipinski definition) is 3. The first-order valence-electron chi connectivity index (χ1n) is 7.14. The molecule has 0 aliphatic carbocycles. The van der Waals surface area contributed by atoms with E-state index in [-0.39, 0.29) is 11.6 Å². The monoisotopic (exact) mass is 326 g/mol. The third-order valence-corrected chi connectivity index (χ3v) is 3.54. The summed E-state index contributed by atoms with van der Waals surface area (Å²) in [7, 11) is 0. The number of ether oxygens (including phenoxy) is 2. The molecule has 3 rings (SSSR count). The van der Waals surface area contributed by atoms with E-state index in [1.54, 1.807) is 12.1 Å². The number of phenolic OH excluding ortho intramolecular Hbond substituents is 1. The minimum absolute atomic E-state index is 0.0733. The number of rotatable bonds is 5. The largest absolute Gasteiger partial charge is 0.502 e. The summed E-state index contributed by atoms with van der Waals surface area (Å²) in [6, 6.07) is 21.9. The van der Waals surface area contributed by atoms with Gasteiger partial charge >= 0.3 is 0 Å². The summed E-state index contributed by atoms with van der Waals surface area (Å²) in [5.74, 6) is 2.02. The van der Waals surface area contributed by atoms with Crippen molar-refractivity contribution >= 4 is 11.6 Å². The molecule has 0 heterocycles. The van der Waals surface area contributed by atoms with Gasteiger partial charge in [0.05, 0.1) is 5.88 Å². The molecular weight excluding hydrogens is 312 g/mol. The first kappa shape index (κ1) is 15.3. The summed E-state index contributed by atoms with van der Waals surface area (Å²) >= 11 is 5.95. The molecule has 0 radical (unpaired) electrons. The molecule has 0 fully saturated rings. The van der Waals surface area contributed by atoms with Crippen LogP contribution in [-0.4, -0.2) is 5.11 Å². The summed E-state index contributed by atoms with van der Waals surface area (Å²) in [6.07, 6.45) is 0. The quantitative estimate of drug-likeness (QED) is 0.610. The van der Waals surface area contributed by atoms with Crippen molar-refractivity contribution in [3.05, 3.63) is 78.4 Å². The molecule has 116 valence electrons. The molecule has 0 aliphatic heterocycles. The Morgan fingerprint density at radius 2 is 1.30 bits per heavy atom. The van der Waals surface area contributed by atoms with Crippen LogP contribution < -0.4 is 9.47 Å². The first-order valence-corrected chi connectivity index (χ1v) is 7.68. The van der Waals surface area contributed by atoms with E-state index in [4.69, 9.17) is 21.1 Å². The van der Waals surface area contributed by atoms with Crippen LogP contribution in [0.5, 0.6) is 28.7 Å².